The lowest BCUT2D eigenvalue weighted by atomic mass is 9.81. The summed E-state index contributed by atoms with van der Waals surface area (Å²) in [6.45, 7) is 47.5. The molecule has 51 heavy (non-hydrogen) atoms. The van der Waals surface area contributed by atoms with Crippen LogP contribution in [0.4, 0.5) is 0 Å². The van der Waals surface area contributed by atoms with Gasteiger partial charge in [0.1, 0.15) is 0 Å². The van der Waals surface area contributed by atoms with E-state index in [1.807, 2.05) is 0 Å². The van der Waals surface area contributed by atoms with Gasteiger partial charge in [-0.2, -0.15) is 0 Å². The number of aliphatic hydroxyl groups excluding tert-OH is 2. The molecule has 0 heterocycles. The minimum absolute atomic E-state index is 0.0978. The van der Waals surface area contributed by atoms with E-state index in [-0.39, 0.29) is 13.2 Å². The average molecular weight is 898 g/mol. The van der Waals surface area contributed by atoms with Gasteiger partial charge in [0, 0.05) is 5.41 Å². The van der Waals surface area contributed by atoms with Crippen molar-refractivity contribution in [3.63, 3.8) is 0 Å². The van der Waals surface area contributed by atoms with Crippen molar-refractivity contribution >= 4 is 84.6 Å². The van der Waals surface area contributed by atoms with Crippen molar-refractivity contribution in [3.05, 3.63) is 0 Å². The largest absolute Gasteiger partial charge is 0.437 e. The Kier molecular flexibility index (Phi) is 19.7. The summed E-state index contributed by atoms with van der Waals surface area (Å²) in [7, 11) is -23.0. The third-order valence-corrected chi connectivity index (χ3v) is 42.4. The summed E-state index contributed by atoms with van der Waals surface area (Å²) < 4.78 is 54.5. The van der Waals surface area contributed by atoms with Gasteiger partial charge in [-0.25, -0.2) is 0 Å². The molecule has 0 radical (unpaired) electrons. The molecule has 0 spiro atoms. The van der Waals surface area contributed by atoms with Crippen molar-refractivity contribution in [3.8, 4) is 0 Å². The van der Waals surface area contributed by atoms with E-state index < -0.39 is 90.1 Å². The molecule has 0 saturated carbocycles. The molecule has 0 aliphatic heterocycles. The van der Waals surface area contributed by atoms with E-state index in [9.17, 15) is 10.2 Å². The van der Waals surface area contributed by atoms with Crippen LogP contribution in [-0.2, 0) is 32.9 Å². The van der Waals surface area contributed by atoms with Crippen molar-refractivity contribution in [2.45, 2.75) is 182 Å². The standard InChI is InChI=1S/C31H84O10Si10/c1-42(2,3)34-46(13,14)38-50(21,39-47(15,16)35-43(4,5)6)27-23-25-31(29-32,30-33)26-24-28-51(22,40-48(17,18)36-44(7,8)9)41-49(19,20)37-45(10,11)12/h32-33H,23-30H2,1-22H3. The first kappa shape index (κ1) is 52.8. The summed E-state index contributed by atoms with van der Waals surface area (Å²) in [4.78, 5) is 0. The van der Waals surface area contributed by atoms with E-state index in [4.69, 9.17) is 32.9 Å². The molecule has 10 nitrogen and oxygen atoms in total. The first-order chi connectivity index (χ1) is 22.2. The van der Waals surface area contributed by atoms with Crippen molar-refractivity contribution < 1.29 is 43.1 Å². The van der Waals surface area contributed by atoms with Crippen LogP contribution in [0.15, 0.2) is 0 Å². The Morgan fingerprint density at radius 2 is 0.529 bits per heavy atom. The molecule has 2 N–H and O–H groups in total. The highest BCUT2D eigenvalue weighted by Crippen LogP contribution is 2.37. The Hall–Kier alpha value is 1.77. The molecule has 0 aromatic carbocycles. The second-order valence-corrected chi connectivity index (χ2v) is 60.8. The molecule has 0 fully saturated rings. The average Bonchev–Trinajstić information content (AvgIpc) is 2.74. The zero-order valence-corrected chi connectivity index (χ0v) is 47.3. The maximum atomic E-state index is 10.8. The molecule has 0 bridgehead atoms. The SMILES string of the molecule is C[Si](C)(C)O[Si](C)(C)O[Si](C)(CCCC(CO)(CO)CCC[Si](C)(O[Si](C)(C)O[Si](C)(C)C)O[Si](C)(C)O[Si](C)(C)C)O[Si](C)(C)O[Si](C)(C)C. The van der Waals surface area contributed by atoms with E-state index in [1.54, 1.807) is 0 Å². The van der Waals surface area contributed by atoms with E-state index >= 15 is 0 Å². The summed E-state index contributed by atoms with van der Waals surface area (Å²) in [5.41, 5.74) is -0.641. The predicted molar refractivity (Wildman–Crippen MR) is 240 cm³/mol. The van der Waals surface area contributed by atoms with Gasteiger partial charge in [-0.3, -0.25) is 0 Å². The van der Waals surface area contributed by atoms with Gasteiger partial charge in [-0.05, 0) is 169 Å². The van der Waals surface area contributed by atoms with Crippen LogP contribution in [0, 0.1) is 5.41 Å². The quantitative estimate of drug-likeness (QED) is 0.0814. The zero-order chi connectivity index (χ0) is 40.8. The molecule has 0 saturated heterocycles. The van der Waals surface area contributed by atoms with Gasteiger partial charge >= 0.3 is 51.4 Å². The lowest BCUT2D eigenvalue weighted by Crippen LogP contribution is -2.59. The monoisotopic (exact) mass is 896 g/mol. The fourth-order valence-electron chi connectivity index (χ4n) is 7.42. The Bertz CT molecular complexity index is 910. The fraction of sp³-hybridized carbons (Fsp3) is 1.00. The third kappa shape index (κ3) is 24.9. The maximum absolute atomic E-state index is 10.8. The molecular formula is C31H84O10Si10. The third-order valence-electron chi connectivity index (χ3n) is 7.40. The maximum Gasteiger partial charge on any atom is 0.317 e. The van der Waals surface area contributed by atoms with E-state index in [1.165, 1.54) is 0 Å². The molecule has 0 amide bonds. The van der Waals surface area contributed by atoms with Crippen LogP contribution in [0.5, 0.6) is 0 Å². The van der Waals surface area contributed by atoms with Crippen LogP contribution < -0.4 is 0 Å². The van der Waals surface area contributed by atoms with Gasteiger partial charge < -0.3 is 43.1 Å². The number of aliphatic hydroxyl groups is 2. The normalized spacial score (nSPS) is 15.5. The molecular weight excluding hydrogens is 813 g/mol. The Morgan fingerprint density at radius 3 is 0.686 bits per heavy atom. The zero-order valence-electron chi connectivity index (χ0n) is 37.3. The summed E-state index contributed by atoms with van der Waals surface area (Å²) in [6, 6.07) is 1.46. The molecule has 308 valence electrons. The lowest BCUT2D eigenvalue weighted by Gasteiger charge is -2.43. The Balaban J connectivity index is 6.21. The Labute approximate surface area is 326 Å². The summed E-state index contributed by atoms with van der Waals surface area (Å²) in [6.07, 6.45) is 2.82. The molecule has 0 aliphatic carbocycles. The van der Waals surface area contributed by atoms with Crippen LogP contribution in [0.2, 0.25) is 156 Å². The highest BCUT2D eigenvalue weighted by atomic mass is 28.5. The summed E-state index contributed by atoms with van der Waals surface area (Å²) >= 11 is 0. The smallest absolute Gasteiger partial charge is 0.317 e. The molecule has 0 aromatic heterocycles. The highest BCUT2D eigenvalue weighted by molar-refractivity contribution is 6.92. The molecule has 0 aliphatic rings. The molecule has 0 atom stereocenters. The number of hydrogen-bond acceptors (Lipinski definition) is 10. The fourth-order valence-corrected chi connectivity index (χ4v) is 54.2. The topological polar surface area (TPSA) is 114 Å². The van der Waals surface area contributed by atoms with Crippen LogP contribution in [0.25, 0.3) is 0 Å². The second-order valence-electron chi connectivity index (χ2n) is 20.7. The van der Waals surface area contributed by atoms with Crippen LogP contribution in [0.1, 0.15) is 25.7 Å². The van der Waals surface area contributed by atoms with Gasteiger partial charge in [0.15, 0.2) is 33.3 Å². The molecule has 0 rings (SSSR count). The molecule has 0 unspecified atom stereocenters. The Morgan fingerprint density at radius 1 is 0.333 bits per heavy atom. The van der Waals surface area contributed by atoms with Gasteiger partial charge in [-0.15, -0.1) is 0 Å². The molecule has 20 heteroatoms. The second kappa shape index (κ2) is 19.0. The highest BCUT2D eigenvalue weighted by Gasteiger charge is 2.49. The first-order valence-electron chi connectivity index (χ1n) is 19.0. The predicted octanol–water partition coefficient (Wildman–Crippen LogP) is 9.94. The van der Waals surface area contributed by atoms with E-state index in [2.05, 4.69) is 144 Å². The van der Waals surface area contributed by atoms with Gasteiger partial charge in [0.2, 0.25) is 0 Å². The summed E-state index contributed by atoms with van der Waals surface area (Å²) in [5.74, 6) is 0. The minimum Gasteiger partial charge on any atom is -0.437 e. The van der Waals surface area contributed by atoms with E-state index in [0.717, 1.165) is 24.9 Å². The lowest BCUT2D eigenvalue weighted by molar-refractivity contribution is 0.0376. The van der Waals surface area contributed by atoms with Crippen molar-refractivity contribution in [2.75, 3.05) is 13.2 Å². The number of rotatable bonds is 26. The summed E-state index contributed by atoms with van der Waals surface area (Å²) in [5, 5.41) is 21.6. The van der Waals surface area contributed by atoms with E-state index in [0.29, 0.717) is 12.8 Å². The van der Waals surface area contributed by atoms with Gasteiger partial charge in [0.25, 0.3) is 0 Å². The van der Waals surface area contributed by atoms with Gasteiger partial charge in [0.05, 0.1) is 13.2 Å². The van der Waals surface area contributed by atoms with Crippen molar-refractivity contribution in [2.24, 2.45) is 5.41 Å². The van der Waals surface area contributed by atoms with Crippen LogP contribution in [-0.4, -0.2) is 108 Å². The first-order valence-corrected chi connectivity index (χ1v) is 49.0. The van der Waals surface area contributed by atoms with Crippen molar-refractivity contribution in [1.82, 2.24) is 0 Å². The van der Waals surface area contributed by atoms with Crippen molar-refractivity contribution in [1.29, 1.82) is 0 Å². The minimum atomic E-state index is -2.79. The number of hydrogen-bond donors (Lipinski definition) is 2. The van der Waals surface area contributed by atoms with Crippen LogP contribution in [0.3, 0.4) is 0 Å². The molecule has 0 aromatic rings. The van der Waals surface area contributed by atoms with Gasteiger partial charge in [-0.1, -0.05) is 12.8 Å². The van der Waals surface area contributed by atoms with Crippen LogP contribution >= 0.6 is 0 Å².